The molecule has 1 aromatic heterocycles. The fraction of sp³-hybridized carbons (Fsp3) is 0.372. The molecule has 0 fully saturated rings. The van der Waals surface area contributed by atoms with Crippen LogP contribution < -0.4 is 49.5 Å². The van der Waals surface area contributed by atoms with E-state index in [9.17, 15) is 28.8 Å². The summed E-state index contributed by atoms with van der Waals surface area (Å²) in [6.45, 7) is 0.113. The zero-order valence-electron chi connectivity index (χ0n) is 34.4. The maximum absolute atomic E-state index is 14.7. The van der Waals surface area contributed by atoms with Crippen LogP contribution in [0.15, 0.2) is 88.5 Å². The van der Waals surface area contributed by atoms with Crippen LogP contribution in [0.4, 0.5) is 0 Å². The number of benzene rings is 3. The molecule has 0 aliphatic heterocycles. The normalized spacial score (nSPS) is 16.8. The molecule has 6 atom stereocenters. The third-order valence-electron chi connectivity index (χ3n) is 10.9. The Morgan fingerprint density at radius 2 is 1.41 bits per heavy atom. The molecule has 4 aromatic rings. The number of hydrogen-bond acceptors (Lipinski definition) is 10. The van der Waals surface area contributed by atoms with E-state index >= 15 is 0 Å². The molecular formula is C43H54BrN11O6S2. The SMILES string of the molecule is NC(=O)[C@H](CS)NC(=O)[C@H](Cc1c[nH]c2ccccc12)NC(=O)[C@H](CCCN=C(N)N)NC(=O)[C@@H](Cc1ccccc1)NC(=O)C1(NC(=O)[C@@H](N)CS)CCc2c(Br)cccc2C1. The van der Waals surface area contributed by atoms with Gasteiger partial charge in [0.15, 0.2) is 5.96 Å². The van der Waals surface area contributed by atoms with Crippen LogP contribution in [-0.4, -0.2) is 100 Å². The highest BCUT2D eigenvalue weighted by Gasteiger charge is 2.45. The Bertz CT molecular complexity index is 2310. The Hall–Kier alpha value is -5.57. The van der Waals surface area contributed by atoms with Crippen molar-refractivity contribution in [1.82, 2.24) is 31.6 Å². The molecule has 0 radical (unpaired) electrons. The van der Waals surface area contributed by atoms with E-state index < -0.39 is 71.2 Å². The van der Waals surface area contributed by atoms with Gasteiger partial charge in [-0.3, -0.25) is 33.8 Å². The number of para-hydroxylation sites is 1. The summed E-state index contributed by atoms with van der Waals surface area (Å²) in [6.07, 6.45) is 2.68. The highest BCUT2D eigenvalue weighted by atomic mass is 79.9. The third kappa shape index (κ3) is 13.0. The summed E-state index contributed by atoms with van der Waals surface area (Å²) < 4.78 is 0.869. The Kier molecular flexibility index (Phi) is 17.4. The summed E-state index contributed by atoms with van der Waals surface area (Å²) in [5.74, 6) is -4.42. The Morgan fingerprint density at radius 1 is 0.762 bits per heavy atom. The lowest BCUT2D eigenvalue weighted by molar-refractivity contribution is -0.137. The summed E-state index contributed by atoms with van der Waals surface area (Å²) in [5, 5.41) is 14.8. The van der Waals surface area contributed by atoms with Gasteiger partial charge in [0.2, 0.25) is 35.4 Å². The largest absolute Gasteiger partial charge is 0.370 e. The van der Waals surface area contributed by atoms with Crippen molar-refractivity contribution in [3.63, 3.8) is 0 Å². The van der Waals surface area contributed by atoms with Crippen LogP contribution in [0.3, 0.4) is 0 Å². The molecule has 1 heterocycles. The van der Waals surface area contributed by atoms with Crippen molar-refractivity contribution in [3.05, 3.63) is 106 Å². The van der Waals surface area contributed by atoms with E-state index in [2.05, 4.69) is 77.7 Å². The highest BCUT2D eigenvalue weighted by Crippen LogP contribution is 2.34. The lowest BCUT2D eigenvalue weighted by atomic mass is 9.76. The van der Waals surface area contributed by atoms with Gasteiger partial charge in [0, 0.05) is 58.9 Å². The first kappa shape index (κ1) is 48.5. The molecule has 6 amide bonds. The molecule has 17 nitrogen and oxygen atoms in total. The number of primary amides is 1. The Balaban J connectivity index is 1.46. The van der Waals surface area contributed by atoms with Crippen molar-refractivity contribution in [3.8, 4) is 0 Å². The summed E-state index contributed by atoms with van der Waals surface area (Å²) in [5.41, 5.74) is 25.2. The fourth-order valence-corrected chi connectivity index (χ4v) is 8.49. The van der Waals surface area contributed by atoms with Crippen LogP contribution in [0.1, 0.15) is 41.5 Å². The van der Waals surface area contributed by atoms with Crippen LogP contribution in [-0.2, 0) is 54.5 Å². The molecule has 3 aromatic carbocycles. The molecule has 5 rings (SSSR count). The van der Waals surface area contributed by atoms with E-state index in [-0.39, 0.29) is 62.5 Å². The Labute approximate surface area is 384 Å². The topological polar surface area (TPSA) is 295 Å². The minimum absolute atomic E-state index is 0.00684. The number of aromatic amines is 1. The van der Waals surface area contributed by atoms with Crippen molar-refractivity contribution in [2.75, 3.05) is 18.1 Å². The monoisotopic (exact) mass is 963 g/mol. The second-order valence-electron chi connectivity index (χ2n) is 15.4. The number of H-pyrrole nitrogens is 1. The average molecular weight is 965 g/mol. The molecule has 1 aliphatic carbocycles. The van der Waals surface area contributed by atoms with Gasteiger partial charge in [-0.05, 0) is 60.1 Å². The molecule has 0 spiro atoms. The van der Waals surface area contributed by atoms with Crippen molar-refractivity contribution in [1.29, 1.82) is 0 Å². The number of aliphatic imine (C=N–C) groups is 1. The molecule has 1 unspecified atom stereocenters. The first-order chi connectivity index (χ1) is 30.1. The van der Waals surface area contributed by atoms with E-state index in [0.29, 0.717) is 17.5 Å². The second kappa shape index (κ2) is 22.7. The Morgan fingerprint density at radius 3 is 2.10 bits per heavy atom. The molecule has 336 valence electrons. The number of fused-ring (bicyclic) bond motifs is 2. The standard InChI is InChI=1S/C43H54BrN11O6S2/c44-29-12-6-10-25-20-43(16-15-27(25)29,55-37(57)30(45)22-62)41(61)54-33(18-24-8-2-1-3-9-24)39(59)51-32(14-7-17-49-42(47)48)38(58)52-34(40(60)53-35(23-63)36(46)56)19-26-21-50-31-13-5-4-11-28(26)31/h1-6,8-13,21,30,32-35,50,62-63H,7,14-20,22-23,45H2,(H2,46,56)(H,51,59)(H,52,58)(H,53,60)(H,54,61)(H,55,57)(H4,47,48,49)/t30-,32-,33+,34-,35-,43?/m0/s1. The summed E-state index contributed by atoms with van der Waals surface area (Å²) in [6, 6.07) is 16.1. The maximum atomic E-state index is 14.7. The van der Waals surface area contributed by atoms with Crippen LogP contribution in [0.5, 0.6) is 0 Å². The molecule has 0 saturated carbocycles. The van der Waals surface area contributed by atoms with E-state index in [1.165, 1.54) is 0 Å². The van der Waals surface area contributed by atoms with Crippen molar-refractivity contribution >= 4 is 93.5 Å². The first-order valence-electron chi connectivity index (χ1n) is 20.4. The predicted octanol–water partition coefficient (Wildman–Crippen LogP) is 0.425. The van der Waals surface area contributed by atoms with E-state index in [1.54, 1.807) is 30.5 Å². The summed E-state index contributed by atoms with van der Waals surface area (Å²) in [7, 11) is 0. The van der Waals surface area contributed by atoms with Gasteiger partial charge < -0.3 is 54.5 Å². The molecule has 20 heteroatoms. The zero-order chi connectivity index (χ0) is 45.7. The van der Waals surface area contributed by atoms with Crippen molar-refractivity contribution < 1.29 is 28.8 Å². The van der Waals surface area contributed by atoms with Crippen molar-refractivity contribution in [2.24, 2.45) is 27.9 Å². The first-order valence-corrected chi connectivity index (χ1v) is 22.4. The van der Waals surface area contributed by atoms with Gasteiger partial charge in [0.25, 0.3) is 0 Å². The van der Waals surface area contributed by atoms with E-state index in [4.69, 9.17) is 22.9 Å². The van der Waals surface area contributed by atoms with Gasteiger partial charge in [-0.2, -0.15) is 25.3 Å². The quantitative estimate of drug-likeness (QED) is 0.0238. The molecule has 0 saturated heterocycles. The summed E-state index contributed by atoms with van der Waals surface area (Å²) >= 11 is 11.9. The minimum Gasteiger partial charge on any atom is -0.370 e. The number of guanidine groups is 1. The van der Waals surface area contributed by atoms with Crippen LogP contribution in [0, 0.1) is 0 Å². The highest BCUT2D eigenvalue weighted by molar-refractivity contribution is 9.10. The lowest BCUT2D eigenvalue weighted by Gasteiger charge is -2.39. The lowest BCUT2D eigenvalue weighted by Crippen LogP contribution is -2.66. The predicted molar refractivity (Wildman–Crippen MR) is 252 cm³/mol. The number of aromatic nitrogens is 1. The smallest absolute Gasteiger partial charge is 0.246 e. The molecular weight excluding hydrogens is 911 g/mol. The van der Waals surface area contributed by atoms with Crippen LogP contribution in [0.25, 0.3) is 10.9 Å². The van der Waals surface area contributed by atoms with E-state index in [1.807, 2.05) is 48.5 Å². The van der Waals surface area contributed by atoms with Gasteiger partial charge in [0.1, 0.15) is 29.7 Å². The number of nitrogens with one attached hydrogen (secondary N) is 6. The number of rotatable bonds is 21. The fourth-order valence-electron chi connectivity index (χ4n) is 7.45. The third-order valence-corrected chi connectivity index (χ3v) is 12.4. The van der Waals surface area contributed by atoms with Crippen molar-refractivity contribution in [2.45, 2.75) is 80.7 Å². The van der Waals surface area contributed by atoms with Crippen LogP contribution >= 0.6 is 41.2 Å². The number of thiol groups is 2. The minimum atomic E-state index is -1.50. The maximum Gasteiger partial charge on any atom is 0.246 e. The molecule has 0 bridgehead atoms. The van der Waals surface area contributed by atoms with Crippen LogP contribution in [0.2, 0.25) is 0 Å². The average Bonchev–Trinajstić information content (AvgIpc) is 3.68. The van der Waals surface area contributed by atoms with E-state index in [0.717, 1.165) is 26.5 Å². The zero-order valence-corrected chi connectivity index (χ0v) is 37.8. The number of nitrogens with two attached hydrogens (primary N) is 4. The van der Waals surface area contributed by atoms with Gasteiger partial charge in [-0.15, -0.1) is 0 Å². The molecule has 1 aliphatic rings. The van der Waals surface area contributed by atoms with Gasteiger partial charge in [-0.25, -0.2) is 0 Å². The number of amides is 6. The number of nitrogens with zero attached hydrogens (tertiary/aromatic N) is 1. The number of hydrogen-bond donors (Lipinski definition) is 12. The molecule has 63 heavy (non-hydrogen) atoms. The van der Waals surface area contributed by atoms with Gasteiger partial charge in [0.05, 0.1) is 6.04 Å². The van der Waals surface area contributed by atoms with Gasteiger partial charge >= 0.3 is 0 Å². The molecule has 14 N–H and O–H groups in total. The summed E-state index contributed by atoms with van der Waals surface area (Å²) in [4.78, 5) is 90.2. The number of carbonyl (C=O) groups is 6. The van der Waals surface area contributed by atoms with Gasteiger partial charge in [-0.1, -0.05) is 76.6 Å². The second-order valence-corrected chi connectivity index (χ2v) is 17.0. The number of carbonyl (C=O) groups excluding carboxylic acids is 6. The number of halogens is 1.